The van der Waals surface area contributed by atoms with Crippen molar-refractivity contribution in [2.24, 2.45) is 0 Å². The van der Waals surface area contributed by atoms with Gasteiger partial charge in [0, 0.05) is 19.2 Å². The predicted molar refractivity (Wildman–Crippen MR) is 82.8 cm³/mol. The van der Waals surface area contributed by atoms with Crippen LogP contribution in [0.15, 0.2) is 0 Å². The maximum absolute atomic E-state index is 11.3. The van der Waals surface area contributed by atoms with Gasteiger partial charge in [0.25, 0.3) is 0 Å². The van der Waals surface area contributed by atoms with E-state index in [-0.39, 0.29) is 5.04 Å². The van der Waals surface area contributed by atoms with E-state index >= 15 is 0 Å². The van der Waals surface area contributed by atoms with E-state index in [9.17, 15) is 8.42 Å². The van der Waals surface area contributed by atoms with Gasteiger partial charge in [-0.2, -0.15) is 0 Å². The topological polar surface area (TPSA) is 55.4 Å². The molecular weight excluding hydrogens is 278 g/mol. The first-order chi connectivity index (χ1) is 8.54. The minimum Gasteiger partial charge on any atom is -0.416 e. The highest BCUT2D eigenvalue weighted by atomic mass is 32.2. The fourth-order valence-corrected chi connectivity index (χ4v) is 4.42. The van der Waals surface area contributed by atoms with Crippen LogP contribution < -0.4 is 5.32 Å². The summed E-state index contributed by atoms with van der Waals surface area (Å²) in [6, 6.07) is 0.339. The smallest absolute Gasteiger partial charge is 0.192 e. The average Bonchev–Trinajstić information content (AvgIpc) is 2.24. The van der Waals surface area contributed by atoms with E-state index in [0.29, 0.717) is 17.5 Å². The van der Waals surface area contributed by atoms with Gasteiger partial charge in [0.2, 0.25) is 0 Å². The monoisotopic (exact) mass is 307 g/mol. The van der Waals surface area contributed by atoms with Crippen LogP contribution in [0.1, 0.15) is 33.6 Å². The molecular formula is C13H29NO3SSi. The third kappa shape index (κ3) is 5.53. The minimum absolute atomic E-state index is 0.242. The van der Waals surface area contributed by atoms with Crippen LogP contribution in [0, 0.1) is 0 Å². The van der Waals surface area contributed by atoms with E-state index in [1.807, 2.05) is 0 Å². The number of rotatable bonds is 5. The molecule has 0 atom stereocenters. The minimum atomic E-state index is -2.75. The van der Waals surface area contributed by atoms with Crippen LogP contribution in [0.25, 0.3) is 0 Å². The molecule has 6 heteroatoms. The molecule has 0 saturated carbocycles. The highest BCUT2D eigenvalue weighted by Gasteiger charge is 2.36. The summed E-state index contributed by atoms with van der Waals surface area (Å²) in [5.74, 6) is 0.654. The molecule has 114 valence electrons. The van der Waals surface area contributed by atoms with Gasteiger partial charge >= 0.3 is 0 Å². The summed E-state index contributed by atoms with van der Waals surface area (Å²) in [7, 11) is -4.40. The predicted octanol–water partition coefficient (Wildman–Crippen LogP) is 2.17. The van der Waals surface area contributed by atoms with Gasteiger partial charge in [-0.1, -0.05) is 20.8 Å². The van der Waals surface area contributed by atoms with Crippen LogP contribution in [-0.2, 0) is 14.3 Å². The van der Waals surface area contributed by atoms with E-state index in [1.165, 1.54) is 0 Å². The molecule has 0 aromatic carbocycles. The highest BCUT2D eigenvalue weighted by Crippen LogP contribution is 2.36. The Morgan fingerprint density at radius 3 is 2.21 bits per heavy atom. The summed E-state index contributed by atoms with van der Waals surface area (Å²) in [6.07, 6.45) is 1.48. The molecule has 0 aromatic rings. The molecule has 19 heavy (non-hydrogen) atoms. The van der Waals surface area contributed by atoms with Gasteiger partial charge in [-0.3, -0.25) is 0 Å². The lowest BCUT2D eigenvalue weighted by atomic mass is 10.1. The quantitative estimate of drug-likeness (QED) is 0.625. The second kappa shape index (κ2) is 6.24. The van der Waals surface area contributed by atoms with Crippen molar-refractivity contribution in [2.75, 3.05) is 24.7 Å². The van der Waals surface area contributed by atoms with Gasteiger partial charge < -0.3 is 9.74 Å². The lowest BCUT2D eigenvalue weighted by molar-refractivity contribution is 0.276. The lowest BCUT2D eigenvalue weighted by Gasteiger charge is -2.36. The Balaban J connectivity index is 2.22. The van der Waals surface area contributed by atoms with Crippen molar-refractivity contribution in [3.05, 3.63) is 0 Å². The number of sulfone groups is 1. The molecule has 0 aromatic heterocycles. The largest absolute Gasteiger partial charge is 0.416 e. The molecule has 1 aliphatic heterocycles. The van der Waals surface area contributed by atoms with Gasteiger partial charge in [0.1, 0.15) is 9.84 Å². The molecule has 1 N–H and O–H groups in total. The van der Waals surface area contributed by atoms with E-state index in [0.717, 1.165) is 26.0 Å². The van der Waals surface area contributed by atoms with Gasteiger partial charge in [0.05, 0.1) is 11.5 Å². The molecule has 0 aliphatic carbocycles. The molecule has 0 unspecified atom stereocenters. The summed E-state index contributed by atoms with van der Waals surface area (Å²) < 4.78 is 28.7. The lowest BCUT2D eigenvalue weighted by Crippen LogP contribution is -2.44. The molecule has 0 spiro atoms. The van der Waals surface area contributed by atoms with E-state index in [1.54, 1.807) is 0 Å². The summed E-state index contributed by atoms with van der Waals surface area (Å²) >= 11 is 0. The zero-order valence-electron chi connectivity index (χ0n) is 13.0. The summed E-state index contributed by atoms with van der Waals surface area (Å²) in [4.78, 5) is 0. The first-order valence-electron chi connectivity index (χ1n) is 7.11. The van der Waals surface area contributed by atoms with Crippen LogP contribution in [0.2, 0.25) is 18.1 Å². The number of nitrogens with one attached hydrogen (secondary N) is 1. The highest BCUT2D eigenvalue weighted by molar-refractivity contribution is 7.91. The fourth-order valence-electron chi connectivity index (χ4n) is 1.88. The normalized spacial score (nSPS) is 21.5. The van der Waals surface area contributed by atoms with Crippen molar-refractivity contribution < 1.29 is 12.8 Å². The Kier molecular flexibility index (Phi) is 5.63. The molecule has 1 aliphatic rings. The molecule has 1 heterocycles. The van der Waals surface area contributed by atoms with Crippen LogP contribution in [0.5, 0.6) is 0 Å². The second-order valence-electron chi connectivity index (χ2n) is 6.99. The van der Waals surface area contributed by atoms with Crippen molar-refractivity contribution >= 4 is 18.2 Å². The zero-order chi connectivity index (χ0) is 14.7. The van der Waals surface area contributed by atoms with Crippen LogP contribution in [0.3, 0.4) is 0 Å². The molecule has 0 bridgehead atoms. The van der Waals surface area contributed by atoms with Gasteiger partial charge in [0.15, 0.2) is 8.32 Å². The molecule has 4 nitrogen and oxygen atoms in total. The van der Waals surface area contributed by atoms with Gasteiger partial charge in [-0.05, 0) is 31.0 Å². The Morgan fingerprint density at radius 1 is 1.21 bits per heavy atom. The molecule has 0 radical (unpaired) electrons. The van der Waals surface area contributed by atoms with Crippen molar-refractivity contribution in [3.63, 3.8) is 0 Å². The second-order valence-corrected chi connectivity index (χ2v) is 14.1. The van der Waals surface area contributed by atoms with E-state index in [2.05, 4.69) is 39.2 Å². The van der Waals surface area contributed by atoms with Crippen molar-refractivity contribution in [3.8, 4) is 0 Å². The standard InChI is InChI=1S/C13H29NO3SSi/c1-13(2,3)19(4,5)17-9-8-14-12-6-10-18(15,16)11-7-12/h12,14H,6-11H2,1-5H3. The van der Waals surface area contributed by atoms with Crippen LogP contribution >= 0.6 is 0 Å². The van der Waals surface area contributed by atoms with Crippen molar-refractivity contribution in [1.29, 1.82) is 0 Å². The maximum Gasteiger partial charge on any atom is 0.192 e. The third-order valence-corrected chi connectivity index (χ3v) is 10.6. The number of hydrogen-bond donors (Lipinski definition) is 1. The third-order valence-electron chi connectivity index (χ3n) is 4.36. The maximum atomic E-state index is 11.3. The first kappa shape index (κ1) is 17.1. The van der Waals surface area contributed by atoms with Gasteiger partial charge in [-0.25, -0.2) is 8.42 Å². The van der Waals surface area contributed by atoms with Crippen LogP contribution in [0.4, 0.5) is 0 Å². The number of hydrogen-bond acceptors (Lipinski definition) is 4. The Hall–Kier alpha value is 0.0869. The Morgan fingerprint density at radius 2 is 1.74 bits per heavy atom. The molecule has 1 rings (SSSR count). The zero-order valence-corrected chi connectivity index (χ0v) is 14.8. The summed E-state index contributed by atoms with van der Waals surface area (Å²) in [5, 5.41) is 3.66. The Labute approximate surface area is 119 Å². The van der Waals surface area contributed by atoms with E-state index < -0.39 is 18.2 Å². The molecule has 1 fully saturated rings. The summed E-state index contributed by atoms with van der Waals surface area (Å²) in [5.41, 5.74) is 0. The summed E-state index contributed by atoms with van der Waals surface area (Å²) in [6.45, 7) is 12.7. The van der Waals surface area contributed by atoms with E-state index in [4.69, 9.17) is 4.43 Å². The molecule has 0 amide bonds. The van der Waals surface area contributed by atoms with Crippen molar-refractivity contribution in [1.82, 2.24) is 5.32 Å². The molecule has 1 saturated heterocycles. The van der Waals surface area contributed by atoms with Gasteiger partial charge in [-0.15, -0.1) is 0 Å². The Bertz CT molecular complexity index is 373. The van der Waals surface area contributed by atoms with Crippen LogP contribution in [-0.4, -0.2) is 47.4 Å². The average molecular weight is 308 g/mol. The van der Waals surface area contributed by atoms with Crippen molar-refractivity contribution in [2.45, 2.75) is 57.8 Å². The SMILES string of the molecule is CC(C)(C)[Si](C)(C)OCCNC1CCS(=O)(=O)CC1. The first-order valence-corrected chi connectivity index (χ1v) is 11.8. The fraction of sp³-hybridized carbons (Fsp3) is 1.00.